The number of hydrogen-bond donors (Lipinski definition) is 3. The summed E-state index contributed by atoms with van der Waals surface area (Å²) in [7, 11) is 0. The molecule has 2 atom stereocenters. The molecule has 1 aromatic rings. The SMILES string of the molecule is O=C(NC1CNCC(CO)C1)OCc1ccccc1. The van der Waals surface area contributed by atoms with Gasteiger partial charge in [-0.2, -0.15) is 0 Å². The molecule has 0 radical (unpaired) electrons. The average molecular weight is 264 g/mol. The van der Waals surface area contributed by atoms with E-state index >= 15 is 0 Å². The second-order valence-electron chi connectivity index (χ2n) is 4.85. The first-order valence-corrected chi connectivity index (χ1v) is 6.56. The molecule has 5 nitrogen and oxygen atoms in total. The van der Waals surface area contributed by atoms with E-state index in [9.17, 15) is 4.79 Å². The highest BCUT2D eigenvalue weighted by Gasteiger charge is 2.22. The van der Waals surface area contributed by atoms with Gasteiger partial charge in [0.2, 0.25) is 0 Å². The predicted molar refractivity (Wildman–Crippen MR) is 71.6 cm³/mol. The average Bonchev–Trinajstić information content (AvgIpc) is 2.46. The van der Waals surface area contributed by atoms with E-state index in [1.165, 1.54) is 0 Å². The lowest BCUT2D eigenvalue weighted by Gasteiger charge is -2.29. The van der Waals surface area contributed by atoms with Gasteiger partial charge in [0, 0.05) is 25.7 Å². The fourth-order valence-corrected chi connectivity index (χ4v) is 2.21. The van der Waals surface area contributed by atoms with Gasteiger partial charge in [-0.25, -0.2) is 4.79 Å². The topological polar surface area (TPSA) is 70.6 Å². The van der Waals surface area contributed by atoms with Crippen LogP contribution in [0.25, 0.3) is 0 Å². The molecule has 0 saturated carbocycles. The van der Waals surface area contributed by atoms with Crippen LogP contribution in [0.3, 0.4) is 0 Å². The number of rotatable bonds is 4. The maximum atomic E-state index is 11.7. The number of amides is 1. The summed E-state index contributed by atoms with van der Waals surface area (Å²) >= 11 is 0. The lowest BCUT2D eigenvalue weighted by atomic mass is 9.97. The van der Waals surface area contributed by atoms with Crippen molar-refractivity contribution in [2.75, 3.05) is 19.7 Å². The van der Waals surface area contributed by atoms with Crippen molar-refractivity contribution in [3.63, 3.8) is 0 Å². The van der Waals surface area contributed by atoms with Crippen molar-refractivity contribution in [2.45, 2.75) is 19.1 Å². The Morgan fingerprint density at radius 1 is 1.37 bits per heavy atom. The molecule has 3 N–H and O–H groups in total. The smallest absolute Gasteiger partial charge is 0.407 e. The number of benzene rings is 1. The van der Waals surface area contributed by atoms with Gasteiger partial charge < -0.3 is 20.5 Å². The second kappa shape index (κ2) is 7.11. The van der Waals surface area contributed by atoms with Crippen LogP contribution in [0.15, 0.2) is 30.3 Å². The molecule has 5 heteroatoms. The summed E-state index contributed by atoms with van der Waals surface area (Å²) in [4.78, 5) is 11.7. The van der Waals surface area contributed by atoms with Crippen LogP contribution in [0.2, 0.25) is 0 Å². The third-order valence-electron chi connectivity index (χ3n) is 3.23. The number of piperidine rings is 1. The molecule has 1 aromatic carbocycles. The lowest BCUT2D eigenvalue weighted by molar-refractivity contribution is 0.126. The zero-order valence-electron chi connectivity index (χ0n) is 10.8. The standard InChI is InChI=1S/C14H20N2O3/c17-9-12-6-13(8-15-7-12)16-14(18)19-10-11-4-2-1-3-5-11/h1-5,12-13,15,17H,6-10H2,(H,16,18). The molecule has 2 unspecified atom stereocenters. The number of aliphatic hydroxyl groups excluding tert-OH is 1. The number of hydrogen-bond acceptors (Lipinski definition) is 4. The number of carbonyl (C=O) groups excluding carboxylic acids is 1. The first-order valence-electron chi connectivity index (χ1n) is 6.56. The lowest BCUT2D eigenvalue weighted by Crippen LogP contribution is -2.49. The molecule has 1 saturated heterocycles. The summed E-state index contributed by atoms with van der Waals surface area (Å²) in [5, 5.41) is 15.1. The summed E-state index contributed by atoms with van der Waals surface area (Å²) in [6.45, 7) is 1.94. The van der Waals surface area contributed by atoms with Crippen LogP contribution in [0.4, 0.5) is 4.79 Å². The first-order chi connectivity index (χ1) is 9.28. The summed E-state index contributed by atoms with van der Waals surface area (Å²) in [6, 6.07) is 9.59. The highest BCUT2D eigenvalue weighted by molar-refractivity contribution is 5.67. The summed E-state index contributed by atoms with van der Waals surface area (Å²) in [6.07, 6.45) is 0.374. The molecule has 2 rings (SSSR count). The van der Waals surface area contributed by atoms with Crippen LogP contribution in [0, 0.1) is 5.92 Å². The van der Waals surface area contributed by atoms with Crippen LogP contribution in [-0.4, -0.2) is 36.9 Å². The maximum absolute atomic E-state index is 11.7. The molecule has 1 fully saturated rings. The Bertz CT molecular complexity index is 397. The Labute approximate surface area is 113 Å². The highest BCUT2D eigenvalue weighted by atomic mass is 16.5. The van der Waals surface area contributed by atoms with E-state index in [1.54, 1.807) is 0 Å². The number of alkyl carbamates (subject to hydrolysis) is 1. The number of aliphatic hydroxyl groups is 1. The van der Waals surface area contributed by atoms with Crippen LogP contribution < -0.4 is 10.6 Å². The Balaban J connectivity index is 1.72. The van der Waals surface area contributed by atoms with Crippen molar-refractivity contribution < 1.29 is 14.6 Å². The zero-order chi connectivity index (χ0) is 13.5. The summed E-state index contributed by atoms with van der Waals surface area (Å²) in [5.41, 5.74) is 0.965. The molecule has 104 valence electrons. The third kappa shape index (κ3) is 4.54. The summed E-state index contributed by atoms with van der Waals surface area (Å²) < 4.78 is 5.16. The van der Waals surface area contributed by atoms with Gasteiger partial charge in [0.15, 0.2) is 0 Å². The van der Waals surface area contributed by atoms with Crippen molar-refractivity contribution in [1.29, 1.82) is 0 Å². The Morgan fingerprint density at radius 3 is 2.89 bits per heavy atom. The quantitative estimate of drug-likeness (QED) is 0.755. The van der Waals surface area contributed by atoms with Gasteiger partial charge >= 0.3 is 6.09 Å². The Kier molecular flexibility index (Phi) is 5.18. The van der Waals surface area contributed by atoms with E-state index < -0.39 is 6.09 Å². The van der Waals surface area contributed by atoms with Gasteiger partial charge in [0.1, 0.15) is 6.61 Å². The van der Waals surface area contributed by atoms with Crippen LogP contribution in [0.5, 0.6) is 0 Å². The molecule has 0 spiro atoms. The van der Waals surface area contributed by atoms with Gasteiger partial charge in [-0.1, -0.05) is 30.3 Å². The van der Waals surface area contributed by atoms with E-state index in [0.29, 0.717) is 0 Å². The van der Waals surface area contributed by atoms with Crippen LogP contribution >= 0.6 is 0 Å². The highest BCUT2D eigenvalue weighted by Crippen LogP contribution is 2.10. The van der Waals surface area contributed by atoms with E-state index in [1.807, 2.05) is 30.3 Å². The first kappa shape index (κ1) is 13.8. The molecule has 0 bridgehead atoms. The van der Waals surface area contributed by atoms with Gasteiger partial charge in [-0.15, -0.1) is 0 Å². The van der Waals surface area contributed by atoms with Crippen LogP contribution in [0.1, 0.15) is 12.0 Å². The molecule has 1 heterocycles. The largest absolute Gasteiger partial charge is 0.445 e. The third-order valence-corrected chi connectivity index (χ3v) is 3.23. The van der Waals surface area contributed by atoms with E-state index in [-0.39, 0.29) is 25.2 Å². The molecule has 19 heavy (non-hydrogen) atoms. The normalized spacial score (nSPS) is 22.8. The number of ether oxygens (including phenoxy) is 1. The summed E-state index contributed by atoms with van der Waals surface area (Å²) in [5.74, 6) is 0.202. The Morgan fingerprint density at radius 2 is 2.16 bits per heavy atom. The minimum atomic E-state index is -0.408. The van der Waals surface area contributed by atoms with Gasteiger partial charge in [-0.05, 0) is 17.9 Å². The van der Waals surface area contributed by atoms with Gasteiger partial charge in [0.25, 0.3) is 0 Å². The predicted octanol–water partition coefficient (Wildman–Crippen LogP) is 0.883. The van der Waals surface area contributed by atoms with E-state index in [0.717, 1.165) is 25.1 Å². The van der Waals surface area contributed by atoms with Crippen molar-refractivity contribution in [2.24, 2.45) is 5.92 Å². The molecule has 0 aliphatic carbocycles. The molecule has 1 aliphatic rings. The van der Waals surface area contributed by atoms with E-state index in [2.05, 4.69) is 10.6 Å². The van der Waals surface area contributed by atoms with E-state index in [4.69, 9.17) is 9.84 Å². The van der Waals surface area contributed by atoms with Crippen molar-refractivity contribution in [1.82, 2.24) is 10.6 Å². The number of carbonyl (C=O) groups is 1. The van der Waals surface area contributed by atoms with Crippen molar-refractivity contribution >= 4 is 6.09 Å². The molecule has 1 amide bonds. The fourth-order valence-electron chi connectivity index (χ4n) is 2.21. The molecular formula is C14H20N2O3. The van der Waals surface area contributed by atoms with Crippen molar-refractivity contribution in [3.8, 4) is 0 Å². The fraction of sp³-hybridized carbons (Fsp3) is 0.500. The minimum absolute atomic E-state index is 0.0224. The zero-order valence-corrected chi connectivity index (χ0v) is 10.8. The Hall–Kier alpha value is -1.59. The monoisotopic (exact) mass is 264 g/mol. The molecule has 0 aromatic heterocycles. The molecular weight excluding hydrogens is 244 g/mol. The van der Waals surface area contributed by atoms with Crippen LogP contribution in [-0.2, 0) is 11.3 Å². The van der Waals surface area contributed by atoms with Gasteiger partial charge in [0.05, 0.1) is 0 Å². The minimum Gasteiger partial charge on any atom is -0.445 e. The second-order valence-corrected chi connectivity index (χ2v) is 4.85. The number of nitrogens with one attached hydrogen (secondary N) is 2. The van der Waals surface area contributed by atoms with Crippen molar-refractivity contribution in [3.05, 3.63) is 35.9 Å². The van der Waals surface area contributed by atoms with Gasteiger partial charge in [-0.3, -0.25) is 0 Å². The maximum Gasteiger partial charge on any atom is 0.407 e. The molecule has 1 aliphatic heterocycles.